The molecule has 0 bridgehead atoms. The predicted octanol–water partition coefficient (Wildman–Crippen LogP) is 5.15. The van der Waals surface area contributed by atoms with E-state index in [0.717, 1.165) is 12.8 Å². The molecule has 0 saturated heterocycles. The number of hydrogen-bond donors (Lipinski definition) is 1. The van der Waals surface area contributed by atoms with E-state index in [1.54, 1.807) is 6.08 Å². The molecule has 0 unspecified atom stereocenters. The van der Waals surface area contributed by atoms with Crippen molar-refractivity contribution in [2.45, 2.75) is 64.4 Å². The Balaban J connectivity index is 2.18. The first-order valence-corrected chi connectivity index (χ1v) is 8.47. The van der Waals surface area contributed by atoms with Crippen LogP contribution in [0, 0.1) is 5.92 Å². The Kier molecular flexibility index (Phi) is 8.64. The number of unbranched alkanes of at least 4 members (excludes halogenated alkanes) is 1. The molecule has 0 aromatic heterocycles. The lowest BCUT2D eigenvalue weighted by Gasteiger charge is -2.36. The van der Waals surface area contributed by atoms with Crippen LogP contribution in [0.4, 0.5) is 4.79 Å². The molecule has 1 aliphatic rings. The first kappa shape index (κ1) is 18.5. The summed E-state index contributed by atoms with van der Waals surface area (Å²) >= 11 is 0. The van der Waals surface area contributed by atoms with Gasteiger partial charge in [0.2, 0.25) is 0 Å². The summed E-state index contributed by atoms with van der Waals surface area (Å²) in [7, 11) is 0. The molecule has 124 valence electrons. The molecule has 0 atom stereocenters. The second kappa shape index (κ2) is 10.3. The van der Waals surface area contributed by atoms with Gasteiger partial charge in [-0.1, -0.05) is 56.2 Å². The van der Waals surface area contributed by atoms with E-state index in [4.69, 9.17) is 4.74 Å². The van der Waals surface area contributed by atoms with Crippen molar-refractivity contribution in [3.05, 3.63) is 37.0 Å². The van der Waals surface area contributed by atoms with Gasteiger partial charge < -0.3 is 10.1 Å². The van der Waals surface area contributed by atoms with Crippen LogP contribution in [0.25, 0.3) is 0 Å². The molecule has 0 aromatic carbocycles. The lowest BCUT2D eigenvalue weighted by atomic mass is 9.79. The molecule has 1 rings (SSSR count). The molecule has 3 heteroatoms. The maximum Gasteiger partial charge on any atom is 0.407 e. The minimum atomic E-state index is -0.361. The van der Waals surface area contributed by atoms with E-state index in [1.807, 2.05) is 32.1 Å². The zero-order valence-corrected chi connectivity index (χ0v) is 14.1. The minimum Gasteiger partial charge on any atom is -0.443 e. The van der Waals surface area contributed by atoms with Crippen LogP contribution < -0.4 is 5.32 Å². The Labute approximate surface area is 135 Å². The Morgan fingerprint density at radius 2 is 1.95 bits per heavy atom. The standard InChI is InChI=1S/C19H31NO2/c1-4-5-6-7-8-9-13-16-20-18(21)22-19(2,3)17-14-11-10-12-15-17/h4-8,17H,1,9-16H2,2-3H3,(H,20,21)/b6-5-,8-7-. The van der Waals surface area contributed by atoms with Gasteiger partial charge in [0.05, 0.1) is 0 Å². The smallest absolute Gasteiger partial charge is 0.407 e. The van der Waals surface area contributed by atoms with Gasteiger partial charge in [0.15, 0.2) is 0 Å². The fourth-order valence-electron chi connectivity index (χ4n) is 2.88. The van der Waals surface area contributed by atoms with Gasteiger partial charge in [0.1, 0.15) is 5.60 Å². The number of hydrogen-bond acceptors (Lipinski definition) is 2. The van der Waals surface area contributed by atoms with E-state index >= 15 is 0 Å². The van der Waals surface area contributed by atoms with E-state index < -0.39 is 0 Å². The topological polar surface area (TPSA) is 38.3 Å². The third-order valence-corrected chi connectivity index (χ3v) is 4.26. The van der Waals surface area contributed by atoms with Crippen molar-refractivity contribution < 1.29 is 9.53 Å². The Morgan fingerprint density at radius 1 is 1.23 bits per heavy atom. The van der Waals surface area contributed by atoms with Crippen LogP contribution >= 0.6 is 0 Å². The number of amides is 1. The van der Waals surface area contributed by atoms with E-state index in [2.05, 4.69) is 18.0 Å². The molecule has 0 aromatic rings. The first-order valence-electron chi connectivity index (χ1n) is 8.47. The van der Waals surface area contributed by atoms with Crippen LogP contribution in [-0.4, -0.2) is 18.2 Å². The molecule has 3 nitrogen and oxygen atoms in total. The number of nitrogens with one attached hydrogen (secondary N) is 1. The van der Waals surface area contributed by atoms with Crippen LogP contribution in [0.3, 0.4) is 0 Å². The van der Waals surface area contributed by atoms with E-state index in [9.17, 15) is 4.79 Å². The Hall–Kier alpha value is -1.51. The van der Waals surface area contributed by atoms with E-state index in [1.165, 1.54) is 32.1 Å². The highest BCUT2D eigenvalue weighted by atomic mass is 16.6. The normalized spacial score (nSPS) is 17.0. The molecule has 0 aliphatic heterocycles. The molecule has 1 aliphatic carbocycles. The summed E-state index contributed by atoms with van der Waals surface area (Å²) in [6, 6.07) is 0. The van der Waals surface area contributed by atoms with Crippen molar-refractivity contribution in [3.8, 4) is 0 Å². The van der Waals surface area contributed by atoms with E-state index in [-0.39, 0.29) is 11.7 Å². The number of carbonyl (C=O) groups excluding carboxylic acids is 1. The highest BCUT2D eigenvalue weighted by molar-refractivity contribution is 5.67. The van der Waals surface area contributed by atoms with Crippen LogP contribution in [0.2, 0.25) is 0 Å². The molecule has 1 N–H and O–H groups in total. The average Bonchev–Trinajstić information content (AvgIpc) is 2.50. The maximum absolute atomic E-state index is 11.9. The summed E-state index contributed by atoms with van der Waals surface area (Å²) in [4.78, 5) is 11.9. The first-order chi connectivity index (χ1) is 10.6. The van der Waals surface area contributed by atoms with Gasteiger partial charge in [-0.2, -0.15) is 0 Å². The van der Waals surface area contributed by atoms with Crippen molar-refractivity contribution in [1.29, 1.82) is 0 Å². The van der Waals surface area contributed by atoms with Gasteiger partial charge in [0, 0.05) is 6.54 Å². The SMILES string of the molecule is C=C/C=C\C=C/CCCNC(=O)OC(C)(C)C1CCCCC1. The fraction of sp³-hybridized carbons (Fsp3) is 0.632. The minimum absolute atomic E-state index is 0.286. The molecule has 22 heavy (non-hydrogen) atoms. The van der Waals surface area contributed by atoms with Crippen LogP contribution in [0.5, 0.6) is 0 Å². The van der Waals surface area contributed by atoms with Gasteiger partial charge in [-0.3, -0.25) is 0 Å². The van der Waals surface area contributed by atoms with Gasteiger partial charge >= 0.3 is 6.09 Å². The Bertz CT molecular complexity index is 390. The number of ether oxygens (including phenoxy) is 1. The van der Waals surface area contributed by atoms with Crippen molar-refractivity contribution >= 4 is 6.09 Å². The fourth-order valence-corrected chi connectivity index (χ4v) is 2.88. The molecule has 0 heterocycles. The quantitative estimate of drug-likeness (QED) is 0.497. The second-order valence-electron chi connectivity index (χ2n) is 6.45. The van der Waals surface area contributed by atoms with Gasteiger partial charge in [-0.05, 0) is 45.4 Å². The highest BCUT2D eigenvalue weighted by Crippen LogP contribution is 2.34. The van der Waals surface area contributed by atoms with Crippen molar-refractivity contribution in [2.75, 3.05) is 6.54 Å². The predicted molar refractivity (Wildman–Crippen MR) is 92.8 cm³/mol. The molecule has 0 spiro atoms. The average molecular weight is 305 g/mol. The van der Waals surface area contributed by atoms with Gasteiger partial charge in [0.25, 0.3) is 0 Å². The largest absolute Gasteiger partial charge is 0.443 e. The van der Waals surface area contributed by atoms with Gasteiger partial charge in [-0.25, -0.2) is 4.79 Å². The highest BCUT2D eigenvalue weighted by Gasteiger charge is 2.33. The zero-order valence-electron chi connectivity index (χ0n) is 14.1. The third-order valence-electron chi connectivity index (χ3n) is 4.26. The third kappa shape index (κ3) is 7.48. The maximum atomic E-state index is 11.9. The lowest BCUT2D eigenvalue weighted by Crippen LogP contribution is -2.41. The molecular weight excluding hydrogens is 274 g/mol. The number of alkyl carbamates (subject to hydrolysis) is 1. The van der Waals surface area contributed by atoms with Crippen LogP contribution in [0.1, 0.15) is 58.8 Å². The summed E-state index contributed by atoms with van der Waals surface area (Å²) < 4.78 is 5.65. The zero-order chi connectivity index (χ0) is 16.3. The monoisotopic (exact) mass is 305 g/mol. The van der Waals surface area contributed by atoms with Gasteiger partial charge in [-0.15, -0.1) is 0 Å². The number of allylic oxidation sites excluding steroid dienone is 5. The van der Waals surface area contributed by atoms with E-state index in [0.29, 0.717) is 12.5 Å². The van der Waals surface area contributed by atoms with Crippen molar-refractivity contribution in [1.82, 2.24) is 5.32 Å². The Morgan fingerprint density at radius 3 is 2.64 bits per heavy atom. The van der Waals surface area contributed by atoms with Crippen molar-refractivity contribution in [3.63, 3.8) is 0 Å². The molecule has 0 radical (unpaired) electrons. The summed E-state index contributed by atoms with van der Waals surface area (Å²) in [6.07, 6.45) is 17.4. The number of rotatable bonds is 8. The molecule has 1 amide bonds. The van der Waals surface area contributed by atoms with Crippen molar-refractivity contribution in [2.24, 2.45) is 5.92 Å². The van der Waals surface area contributed by atoms with Crippen LogP contribution in [0.15, 0.2) is 37.0 Å². The molecule has 1 saturated carbocycles. The summed E-state index contributed by atoms with van der Waals surface area (Å²) in [5, 5.41) is 2.85. The second-order valence-corrected chi connectivity index (χ2v) is 6.45. The summed E-state index contributed by atoms with van der Waals surface area (Å²) in [6.45, 7) is 8.33. The lowest BCUT2D eigenvalue weighted by molar-refractivity contribution is -0.0184. The number of carbonyl (C=O) groups is 1. The summed E-state index contributed by atoms with van der Waals surface area (Å²) in [5.74, 6) is 0.492. The summed E-state index contributed by atoms with van der Waals surface area (Å²) in [5.41, 5.74) is -0.361. The molecular formula is C19H31NO2. The molecule has 1 fully saturated rings. The van der Waals surface area contributed by atoms with Crippen LogP contribution in [-0.2, 0) is 4.74 Å².